The molecule has 2 unspecified atom stereocenters. The number of aromatic nitrogens is 1. The molecule has 0 spiro atoms. The van der Waals surface area contributed by atoms with Crippen LogP contribution in [0.2, 0.25) is 0 Å². The van der Waals surface area contributed by atoms with Crippen molar-refractivity contribution >= 4 is 28.6 Å². The van der Waals surface area contributed by atoms with E-state index in [0.29, 0.717) is 24.0 Å². The molecule has 1 aromatic heterocycles. The van der Waals surface area contributed by atoms with Gasteiger partial charge in [0.2, 0.25) is 0 Å². The lowest BCUT2D eigenvalue weighted by Crippen LogP contribution is -2.44. The van der Waals surface area contributed by atoms with Crippen molar-refractivity contribution in [2.24, 2.45) is 16.1 Å². The Hall–Kier alpha value is -3.57. The fraction of sp³-hybridized carbons (Fsp3) is 0.261. The van der Waals surface area contributed by atoms with Gasteiger partial charge >= 0.3 is 5.91 Å². The van der Waals surface area contributed by atoms with E-state index in [-0.39, 0.29) is 5.54 Å². The molecule has 2 atom stereocenters. The maximum Gasteiger partial charge on any atom is 0.323 e. The molecule has 1 saturated heterocycles. The molecule has 154 valence electrons. The molecule has 1 saturated carbocycles. The van der Waals surface area contributed by atoms with Gasteiger partial charge in [0.25, 0.3) is 0 Å². The van der Waals surface area contributed by atoms with Crippen molar-refractivity contribution in [1.82, 2.24) is 9.88 Å². The SMILES string of the molecule is N#CN1CC2CCC2(N=NC(=O)c2ncc(-c3ccccc3Nc3ccccc3)s2)C1. The highest BCUT2D eigenvalue weighted by Gasteiger charge is 2.54. The first-order valence-electron chi connectivity index (χ1n) is 10.2. The van der Waals surface area contributed by atoms with E-state index in [2.05, 4.69) is 26.7 Å². The van der Waals surface area contributed by atoms with E-state index in [4.69, 9.17) is 5.26 Å². The van der Waals surface area contributed by atoms with Crippen molar-refractivity contribution in [1.29, 1.82) is 5.26 Å². The van der Waals surface area contributed by atoms with E-state index in [1.807, 2.05) is 54.6 Å². The molecule has 7 nitrogen and oxygen atoms in total. The summed E-state index contributed by atoms with van der Waals surface area (Å²) in [5.74, 6) is -0.119. The lowest BCUT2D eigenvalue weighted by Gasteiger charge is -2.38. The van der Waals surface area contributed by atoms with Crippen molar-refractivity contribution in [2.45, 2.75) is 18.4 Å². The Morgan fingerprint density at radius 2 is 2.03 bits per heavy atom. The number of nitrogens with zero attached hydrogens (tertiary/aromatic N) is 5. The van der Waals surface area contributed by atoms with Gasteiger partial charge in [0.05, 0.1) is 11.4 Å². The van der Waals surface area contributed by atoms with E-state index in [1.165, 1.54) is 11.3 Å². The van der Waals surface area contributed by atoms with Crippen molar-refractivity contribution in [2.75, 3.05) is 18.4 Å². The third kappa shape index (κ3) is 3.68. The van der Waals surface area contributed by atoms with Gasteiger partial charge in [-0.3, -0.25) is 4.79 Å². The fourth-order valence-electron chi connectivity index (χ4n) is 4.22. The third-order valence-corrected chi connectivity index (χ3v) is 7.03. The quantitative estimate of drug-likeness (QED) is 0.451. The standard InChI is InChI=1S/C23H20N6OS/c24-15-29-13-16-10-11-23(16,14-29)28-27-21(30)22-25-12-20(31-22)18-8-4-5-9-19(18)26-17-6-2-1-3-7-17/h1-9,12,16,26H,10-11,13-14H2. The molecule has 2 fully saturated rings. The van der Waals surface area contributed by atoms with Gasteiger partial charge in [-0.25, -0.2) is 4.98 Å². The van der Waals surface area contributed by atoms with E-state index in [1.54, 1.807) is 11.1 Å². The average Bonchev–Trinajstić information content (AvgIpc) is 3.37. The molecule has 2 aliphatic rings. The van der Waals surface area contributed by atoms with Crippen LogP contribution in [0.1, 0.15) is 22.6 Å². The molecule has 1 amide bonds. The van der Waals surface area contributed by atoms with Crippen molar-refractivity contribution in [3.05, 3.63) is 65.8 Å². The van der Waals surface area contributed by atoms with Crippen LogP contribution in [0.5, 0.6) is 0 Å². The Morgan fingerprint density at radius 1 is 1.23 bits per heavy atom. The maximum absolute atomic E-state index is 12.6. The van der Waals surface area contributed by atoms with Crippen molar-refractivity contribution in [3.8, 4) is 16.6 Å². The Kier molecular flexibility index (Phi) is 4.96. The smallest absolute Gasteiger partial charge is 0.323 e. The van der Waals surface area contributed by atoms with Crippen LogP contribution < -0.4 is 5.32 Å². The molecule has 0 bridgehead atoms. The molecule has 0 radical (unpaired) electrons. The molecular weight excluding hydrogens is 408 g/mol. The summed E-state index contributed by atoms with van der Waals surface area (Å²) in [5.41, 5.74) is 2.52. The zero-order valence-electron chi connectivity index (χ0n) is 16.7. The zero-order valence-corrected chi connectivity index (χ0v) is 17.5. The summed E-state index contributed by atoms with van der Waals surface area (Å²) in [6.45, 7) is 1.25. The second-order valence-corrected chi connectivity index (χ2v) is 8.92. The molecule has 5 rings (SSSR count). The van der Waals surface area contributed by atoms with Gasteiger partial charge in [-0.05, 0) is 31.0 Å². The topological polar surface area (TPSA) is 93.7 Å². The van der Waals surface area contributed by atoms with E-state index in [0.717, 1.165) is 34.7 Å². The largest absolute Gasteiger partial charge is 0.355 e. The monoisotopic (exact) mass is 428 g/mol. The Labute approximate surface area is 184 Å². The number of carbonyl (C=O) groups is 1. The summed E-state index contributed by atoms with van der Waals surface area (Å²) in [6.07, 6.45) is 5.78. The number of fused-ring (bicyclic) bond motifs is 1. The number of carbonyl (C=O) groups excluding carboxylic acids is 1. The molecular formula is C23H20N6OS. The molecule has 31 heavy (non-hydrogen) atoms. The second kappa shape index (κ2) is 7.93. The van der Waals surface area contributed by atoms with Gasteiger partial charge < -0.3 is 10.2 Å². The summed E-state index contributed by atoms with van der Waals surface area (Å²) in [4.78, 5) is 19.5. The summed E-state index contributed by atoms with van der Waals surface area (Å²) in [6, 6.07) is 17.9. The average molecular weight is 429 g/mol. The number of benzene rings is 2. The van der Waals surface area contributed by atoms with E-state index in [9.17, 15) is 4.79 Å². The Balaban J connectivity index is 1.34. The maximum atomic E-state index is 12.6. The second-order valence-electron chi connectivity index (χ2n) is 7.89. The van der Waals surface area contributed by atoms with E-state index >= 15 is 0 Å². The van der Waals surface area contributed by atoms with Gasteiger partial charge in [0, 0.05) is 35.6 Å². The summed E-state index contributed by atoms with van der Waals surface area (Å²) in [7, 11) is 0. The highest BCUT2D eigenvalue weighted by atomic mass is 32.1. The van der Waals surface area contributed by atoms with Crippen molar-refractivity contribution in [3.63, 3.8) is 0 Å². The molecule has 1 aliphatic carbocycles. The molecule has 3 aromatic rings. The zero-order chi connectivity index (χ0) is 21.3. The van der Waals surface area contributed by atoms with Crippen LogP contribution in [0.4, 0.5) is 11.4 Å². The van der Waals surface area contributed by atoms with Crippen LogP contribution in [-0.2, 0) is 0 Å². The molecule has 2 aromatic carbocycles. The van der Waals surface area contributed by atoms with E-state index < -0.39 is 5.91 Å². The summed E-state index contributed by atoms with van der Waals surface area (Å²) in [5, 5.41) is 21.3. The van der Waals surface area contributed by atoms with Gasteiger partial charge in [-0.2, -0.15) is 10.4 Å². The lowest BCUT2D eigenvalue weighted by atomic mass is 9.70. The minimum Gasteiger partial charge on any atom is -0.355 e. The van der Waals surface area contributed by atoms with Crippen LogP contribution in [0, 0.1) is 17.4 Å². The Morgan fingerprint density at radius 3 is 2.81 bits per heavy atom. The number of azo groups is 1. The highest BCUT2D eigenvalue weighted by molar-refractivity contribution is 7.17. The van der Waals surface area contributed by atoms with Crippen LogP contribution in [0.3, 0.4) is 0 Å². The first-order valence-corrected chi connectivity index (χ1v) is 11.0. The molecule has 1 aliphatic heterocycles. The number of anilines is 2. The number of hydrogen-bond donors (Lipinski definition) is 1. The predicted molar refractivity (Wildman–Crippen MR) is 119 cm³/mol. The first kappa shape index (κ1) is 19.4. The first-order chi connectivity index (χ1) is 15.2. The molecule has 8 heteroatoms. The predicted octanol–water partition coefficient (Wildman–Crippen LogP) is 5.09. The number of hydrogen-bond acceptors (Lipinski definition) is 7. The summed E-state index contributed by atoms with van der Waals surface area (Å²) < 4.78 is 0. The van der Waals surface area contributed by atoms with Crippen LogP contribution in [-0.4, -0.2) is 34.4 Å². The minimum absolute atomic E-state index is 0.312. The number of nitrogens with one attached hydrogen (secondary N) is 1. The normalized spacial score (nSPS) is 22.0. The number of nitriles is 1. The summed E-state index contributed by atoms with van der Waals surface area (Å²) >= 11 is 1.31. The molecule has 1 N–H and O–H groups in total. The fourth-order valence-corrected chi connectivity index (χ4v) is 5.06. The van der Waals surface area contributed by atoms with Gasteiger partial charge in [0.15, 0.2) is 11.2 Å². The molecule has 2 heterocycles. The van der Waals surface area contributed by atoms with Crippen LogP contribution in [0.25, 0.3) is 10.4 Å². The lowest BCUT2D eigenvalue weighted by molar-refractivity contribution is 0.0974. The number of likely N-dealkylation sites (tertiary alicyclic amines) is 1. The third-order valence-electron chi connectivity index (χ3n) is 6.01. The highest BCUT2D eigenvalue weighted by Crippen LogP contribution is 2.47. The van der Waals surface area contributed by atoms with Gasteiger partial charge in [-0.15, -0.1) is 16.5 Å². The number of amides is 1. The van der Waals surface area contributed by atoms with Crippen molar-refractivity contribution < 1.29 is 4.79 Å². The van der Waals surface area contributed by atoms with Gasteiger partial charge in [-0.1, -0.05) is 36.4 Å². The number of rotatable bonds is 5. The van der Waals surface area contributed by atoms with Gasteiger partial charge in [0.1, 0.15) is 5.54 Å². The van der Waals surface area contributed by atoms with Crippen LogP contribution in [0.15, 0.2) is 71.0 Å². The minimum atomic E-state index is -0.430. The van der Waals surface area contributed by atoms with Crippen LogP contribution >= 0.6 is 11.3 Å². The number of thiazole rings is 1. The number of para-hydroxylation sites is 2. The Bertz CT molecular complexity index is 1180.